The van der Waals surface area contributed by atoms with Crippen molar-refractivity contribution in [1.82, 2.24) is 0 Å². The Labute approximate surface area is 220 Å². The Morgan fingerprint density at radius 1 is 1.03 bits per heavy atom. The van der Waals surface area contributed by atoms with Gasteiger partial charge in [0.15, 0.2) is 8.32 Å². The van der Waals surface area contributed by atoms with Crippen LogP contribution in [0.15, 0.2) is 36.9 Å². The molecule has 0 heterocycles. The van der Waals surface area contributed by atoms with Crippen LogP contribution in [0.2, 0.25) is 16.6 Å². The minimum Gasteiger partial charge on any atom is -0.497 e. The maximum atomic E-state index is 9.86. The number of methoxy groups -OCH3 is 1. The van der Waals surface area contributed by atoms with Gasteiger partial charge in [-0.2, -0.15) is 5.26 Å². The van der Waals surface area contributed by atoms with Gasteiger partial charge in [-0.05, 0) is 40.7 Å². The summed E-state index contributed by atoms with van der Waals surface area (Å²) in [6.07, 6.45) is 1.27. The van der Waals surface area contributed by atoms with E-state index in [0.29, 0.717) is 36.3 Å². The Morgan fingerprint density at radius 2 is 1.61 bits per heavy atom. The van der Waals surface area contributed by atoms with Crippen LogP contribution in [0.3, 0.4) is 0 Å². The zero-order valence-corrected chi connectivity index (χ0v) is 24.7. The lowest BCUT2D eigenvalue weighted by molar-refractivity contribution is -0.138. The quantitative estimate of drug-likeness (QED) is 0.173. The van der Waals surface area contributed by atoms with Crippen LogP contribution < -0.4 is 4.74 Å². The lowest BCUT2D eigenvalue weighted by atomic mass is 9.97. The van der Waals surface area contributed by atoms with Gasteiger partial charge in [-0.15, -0.1) is 6.58 Å². The van der Waals surface area contributed by atoms with Gasteiger partial charge in [0.1, 0.15) is 5.75 Å². The minimum atomic E-state index is -2.06. The largest absolute Gasteiger partial charge is 0.497 e. The van der Waals surface area contributed by atoms with E-state index in [1.54, 1.807) is 7.11 Å². The summed E-state index contributed by atoms with van der Waals surface area (Å²) in [6, 6.07) is 9.90. The van der Waals surface area contributed by atoms with Crippen molar-refractivity contribution in [3.8, 4) is 11.8 Å². The number of benzene rings is 1. The third-order valence-electron chi connectivity index (χ3n) is 7.12. The molecule has 7 heteroatoms. The van der Waals surface area contributed by atoms with Crippen molar-refractivity contribution in [2.75, 3.05) is 20.3 Å². The molecule has 0 aromatic heterocycles. The Balaban J connectivity index is 3.17. The van der Waals surface area contributed by atoms with E-state index in [2.05, 4.69) is 61.1 Å². The van der Waals surface area contributed by atoms with Crippen molar-refractivity contribution in [3.63, 3.8) is 0 Å². The zero-order chi connectivity index (χ0) is 27.3. The molecule has 0 bridgehead atoms. The molecule has 1 aromatic carbocycles. The van der Waals surface area contributed by atoms with E-state index in [9.17, 15) is 10.4 Å². The highest BCUT2D eigenvalue weighted by Crippen LogP contribution is 2.42. The van der Waals surface area contributed by atoms with Crippen molar-refractivity contribution in [2.45, 2.75) is 103 Å². The fraction of sp³-hybridized carbons (Fsp3) is 0.690. The van der Waals surface area contributed by atoms with Crippen molar-refractivity contribution in [1.29, 1.82) is 5.26 Å². The van der Waals surface area contributed by atoms with Gasteiger partial charge >= 0.3 is 0 Å². The number of aliphatic hydroxyl groups is 1. The molecule has 1 N–H and O–H groups in total. The summed E-state index contributed by atoms with van der Waals surface area (Å²) in [7, 11) is -0.419. The van der Waals surface area contributed by atoms with Crippen molar-refractivity contribution >= 4 is 8.32 Å². The van der Waals surface area contributed by atoms with Gasteiger partial charge in [0.2, 0.25) is 0 Å². The van der Waals surface area contributed by atoms with Crippen LogP contribution in [-0.4, -0.2) is 52.1 Å². The van der Waals surface area contributed by atoms with Crippen LogP contribution in [0.5, 0.6) is 5.75 Å². The van der Waals surface area contributed by atoms with E-state index in [4.69, 9.17) is 18.6 Å². The van der Waals surface area contributed by atoms with E-state index in [1.807, 2.05) is 30.3 Å². The second-order valence-electron chi connectivity index (χ2n) is 10.6. The van der Waals surface area contributed by atoms with E-state index >= 15 is 0 Å². The summed E-state index contributed by atoms with van der Waals surface area (Å²) in [5.74, 6) is 0.783. The molecule has 1 rings (SSSR count). The first kappa shape index (κ1) is 32.3. The predicted octanol–water partition coefficient (Wildman–Crippen LogP) is 6.64. The molecule has 0 saturated heterocycles. The van der Waals surface area contributed by atoms with Gasteiger partial charge in [-0.25, -0.2) is 0 Å². The number of aliphatic hydroxyl groups excluding tert-OH is 1. The van der Waals surface area contributed by atoms with Crippen LogP contribution in [0, 0.1) is 17.2 Å². The van der Waals surface area contributed by atoms with Crippen molar-refractivity contribution < 1.29 is 23.7 Å². The first-order valence-electron chi connectivity index (χ1n) is 13.2. The average molecular weight is 520 g/mol. The number of rotatable bonds is 18. The van der Waals surface area contributed by atoms with Crippen LogP contribution in [0.4, 0.5) is 0 Å². The van der Waals surface area contributed by atoms with Crippen LogP contribution in [0.1, 0.15) is 66.9 Å². The summed E-state index contributed by atoms with van der Waals surface area (Å²) in [6.45, 7) is 20.4. The van der Waals surface area contributed by atoms with Gasteiger partial charge in [0, 0.05) is 12.5 Å². The molecular weight excluding hydrogens is 470 g/mol. The van der Waals surface area contributed by atoms with Crippen molar-refractivity contribution in [2.24, 2.45) is 5.92 Å². The van der Waals surface area contributed by atoms with Crippen LogP contribution in [0.25, 0.3) is 0 Å². The SMILES string of the molecule is C=CC[C@H](OCc1ccc(OC)cc1)[C@H](O[C@H](CO)CC#N)[C@@H](C)CO[Si](C(C)C)(C(C)C)C(C)C. The summed E-state index contributed by atoms with van der Waals surface area (Å²) < 4.78 is 24.9. The Kier molecular flexibility index (Phi) is 14.6. The second-order valence-corrected chi connectivity index (χ2v) is 16.1. The molecule has 0 radical (unpaired) electrons. The third-order valence-corrected chi connectivity index (χ3v) is 13.2. The number of hydrogen-bond acceptors (Lipinski definition) is 6. The molecule has 1 aromatic rings. The Bertz CT molecular complexity index is 768. The summed E-state index contributed by atoms with van der Waals surface area (Å²) in [5, 5.41) is 19.1. The molecule has 0 aliphatic rings. The highest BCUT2D eigenvalue weighted by atomic mass is 28.4. The monoisotopic (exact) mass is 519 g/mol. The molecule has 0 aliphatic carbocycles. The van der Waals surface area contributed by atoms with Gasteiger partial charge in [-0.3, -0.25) is 0 Å². The molecule has 0 aliphatic heterocycles. The maximum absolute atomic E-state index is 9.86. The standard InChI is InChI=1S/C29H49NO5Si/c1-10-11-28(33-20-25-12-14-26(32-9)15-13-25)29(35-27(18-31)16-17-30)24(8)19-34-36(21(2)3,22(4)5)23(6)7/h10,12-15,21-24,27-29,31H,1,11,16,18-20H2,2-9H3/t24-,27-,28-,29+/m0/s1. The third kappa shape index (κ3) is 9.00. The molecule has 4 atom stereocenters. The van der Waals surface area contributed by atoms with Gasteiger partial charge in [0.25, 0.3) is 0 Å². The summed E-state index contributed by atoms with van der Waals surface area (Å²) in [4.78, 5) is 0. The molecule has 0 amide bonds. The van der Waals surface area contributed by atoms with Crippen molar-refractivity contribution in [3.05, 3.63) is 42.5 Å². The first-order chi connectivity index (χ1) is 17.1. The van der Waals surface area contributed by atoms with Crippen LogP contribution >= 0.6 is 0 Å². The van der Waals surface area contributed by atoms with E-state index in [-0.39, 0.29) is 31.2 Å². The van der Waals surface area contributed by atoms with Gasteiger partial charge in [0.05, 0.1) is 51.1 Å². The van der Waals surface area contributed by atoms with Gasteiger partial charge < -0.3 is 23.7 Å². The fourth-order valence-corrected chi connectivity index (χ4v) is 10.9. The molecule has 36 heavy (non-hydrogen) atoms. The molecule has 204 valence electrons. The van der Waals surface area contributed by atoms with Gasteiger partial charge in [-0.1, -0.05) is 66.7 Å². The lowest BCUT2D eigenvalue weighted by Gasteiger charge is -2.44. The van der Waals surface area contributed by atoms with E-state index < -0.39 is 14.4 Å². The highest BCUT2D eigenvalue weighted by molar-refractivity contribution is 6.77. The number of hydrogen-bond donors (Lipinski definition) is 1. The minimum absolute atomic E-state index is 0.0123. The second kappa shape index (κ2) is 16.2. The number of ether oxygens (including phenoxy) is 3. The normalized spacial score (nSPS) is 15.5. The summed E-state index contributed by atoms with van der Waals surface area (Å²) in [5.41, 5.74) is 2.45. The van der Waals surface area contributed by atoms with E-state index in [0.717, 1.165) is 11.3 Å². The lowest BCUT2D eigenvalue weighted by Crippen LogP contribution is -2.50. The van der Waals surface area contributed by atoms with Crippen LogP contribution in [-0.2, 0) is 20.5 Å². The Hall–Kier alpha value is -1.69. The number of nitrogens with zero attached hydrogens (tertiary/aromatic N) is 1. The molecule has 0 fully saturated rings. The fourth-order valence-electron chi connectivity index (χ4n) is 5.32. The topological polar surface area (TPSA) is 80.9 Å². The molecular formula is C29H49NO5Si. The zero-order valence-electron chi connectivity index (χ0n) is 23.7. The Morgan fingerprint density at radius 3 is 2.06 bits per heavy atom. The molecule has 0 saturated carbocycles. The molecule has 0 spiro atoms. The average Bonchev–Trinajstić information content (AvgIpc) is 2.84. The van der Waals surface area contributed by atoms with E-state index in [1.165, 1.54) is 0 Å². The highest BCUT2D eigenvalue weighted by Gasteiger charge is 2.45. The predicted molar refractivity (Wildman–Crippen MR) is 149 cm³/mol. The first-order valence-corrected chi connectivity index (χ1v) is 15.3. The number of nitriles is 1. The molecule has 0 unspecified atom stereocenters. The summed E-state index contributed by atoms with van der Waals surface area (Å²) >= 11 is 0. The maximum Gasteiger partial charge on any atom is 0.200 e. The smallest absolute Gasteiger partial charge is 0.200 e. The molecule has 6 nitrogen and oxygen atoms in total.